The van der Waals surface area contributed by atoms with Crippen molar-refractivity contribution in [2.45, 2.75) is 13.0 Å². The molecule has 7 heteroatoms. The molecule has 1 atom stereocenters. The molecule has 0 aromatic heterocycles. The largest absolute Gasteiger partial charge is 0.497 e. The van der Waals surface area contributed by atoms with Crippen LogP contribution in [0.2, 0.25) is 0 Å². The van der Waals surface area contributed by atoms with Crippen molar-refractivity contribution in [3.8, 4) is 28.7 Å². The predicted molar refractivity (Wildman–Crippen MR) is 111 cm³/mol. The van der Waals surface area contributed by atoms with E-state index in [1.807, 2.05) is 13.0 Å². The number of ether oxygens (including phenoxy) is 5. The summed E-state index contributed by atoms with van der Waals surface area (Å²) in [4.78, 5) is 12.5. The number of carbonyl (C=O) groups is 1. The lowest BCUT2D eigenvalue weighted by Crippen LogP contribution is -2.25. The number of amides is 1. The number of hydrogen-bond acceptors (Lipinski definition) is 6. The lowest BCUT2D eigenvalue weighted by atomic mass is 10.1. The van der Waals surface area contributed by atoms with Crippen LogP contribution in [-0.2, 0) is 4.79 Å². The molecule has 2 rings (SSSR count). The molecule has 0 heterocycles. The maximum Gasteiger partial charge on any atom is 0.244 e. The van der Waals surface area contributed by atoms with E-state index in [1.165, 1.54) is 20.3 Å². The van der Waals surface area contributed by atoms with Crippen molar-refractivity contribution in [3.63, 3.8) is 0 Å². The topological polar surface area (TPSA) is 75.3 Å². The maximum absolute atomic E-state index is 12.5. The number of benzene rings is 2. The zero-order valence-electron chi connectivity index (χ0n) is 17.6. The summed E-state index contributed by atoms with van der Waals surface area (Å²) in [6, 6.07) is 8.71. The van der Waals surface area contributed by atoms with E-state index in [2.05, 4.69) is 5.32 Å². The van der Waals surface area contributed by atoms with E-state index in [4.69, 9.17) is 23.7 Å². The van der Waals surface area contributed by atoms with Crippen molar-refractivity contribution in [2.75, 3.05) is 35.5 Å². The summed E-state index contributed by atoms with van der Waals surface area (Å²) < 4.78 is 26.7. The van der Waals surface area contributed by atoms with Crippen LogP contribution in [-0.4, -0.2) is 41.5 Å². The van der Waals surface area contributed by atoms with Crippen LogP contribution in [0.3, 0.4) is 0 Å². The van der Waals surface area contributed by atoms with Gasteiger partial charge in [-0.05, 0) is 43.3 Å². The summed E-state index contributed by atoms with van der Waals surface area (Å²) in [5.41, 5.74) is 1.50. The van der Waals surface area contributed by atoms with Crippen molar-refractivity contribution >= 4 is 12.0 Å². The fourth-order valence-electron chi connectivity index (χ4n) is 2.94. The van der Waals surface area contributed by atoms with Crippen molar-refractivity contribution in [1.29, 1.82) is 0 Å². The summed E-state index contributed by atoms with van der Waals surface area (Å²) >= 11 is 0. The second-order valence-corrected chi connectivity index (χ2v) is 6.10. The van der Waals surface area contributed by atoms with Gasteiger partial charge in [-0.3, -0.25) is 4.79 Å². The van der Waals surface area contributed by atoms with E-state index in [1.54, 1.807) is 51.7 Å². The molecular formula is C22H27NO6. The molecule has 0 spiro atoms. The predicted octanol–water partition coefficient (Wildman–Crippen LogP) is 3.62. The minimum atomic E-state index is -0.288. The fraction of sp³-hybridized carbons (Fsp3) is 0.318. The first kappa shape index (κ1) is 21.9. The molecule has 0 bridgehead atoms. The summed E-state index contributed by atoms with van der Waals surface area (Å²) in [5.74, 6) is 2.59. The standard InChI is InChI=1S/C22H27NO6/c1-14(17-13-16(25-2)9-11-18(17)26-3)23-20(24)12-8-15-7-10-19(27-4)22(29-6)21(15)28-5/h7-14H,1-6H3,(H,23,24)/b12-8+. The Labute approximate surface area is 171 Å². The normalized spacial score (nSPS) is 11.7. The smallest absolute Gasteiger partial charge is 0.244 e. The van der Waals surface area contributed by atoms with Gasteiger partial charge in [-0.25, -0.2) is 0 Å². The summed E-state index contributed by atoms with van der Waals surface area (Å²) in [6.07, 6.45) is 3.10. The first-order valence-corrected chi connectivity index (χ1v) is 8.98. The van der Waals surface area contributed by atoms with Gasteiger partial charge in [0.2, 0.25) is 11.7 Å². The summed E-state index contributed by atoms with van der Waals surface area (Å²) in [5, 5.41) is 2.92. The maximum atomic E-state index is 12.5. The minimum absolute atomic E-state index is 0.265. The molecule has 1 unspecified atom stereocenters. The van der Waals surface area contributed by atoms with E-state index in [0.29, 0.717) is 34.3 Å². The van der Waals surface area contributed by atoms with Crippen LogP contribution in [0.25, 0.3) is 6.08 Å². The molecular weight excluding hydrogens is 374 g/mol. The summed E-state index contributed by atoms with van der Waals surface area (Å²) in [7, 11) is 7.79. The fourth-order valence-corrected chi connectivity index (χ4v) is 2.94. The molecule has 0 fully saturated rings. The number of rotatable bonds is 9. The SMILES string of the molecule is COc1ccc(OC)c(C(C)NC(=O)/C=C/c2ccc(OC)c(OC)c2OC)c1. The van der Waals surface area contributed by atoms with Gasteiger partial charge in [0.25, 0.3) is 0 Å². The molecule has 7 nitrogen and oxygen atoms in total. The van der Waals surface area contributed by atoms with Gasteiger partial charge in [0.1, 0.15) is 11.5 Å². The third kappa shape index (κ3) is 5.13. The minimum Gasteiger partial charge on any atom is -0.497 e. The lowest BCUT2D eigenvalue weighted by molar-refractivity contribution is -0.117. The van der Waals surface area contributed by atoms with Crippen LogP contribution in [0.15, 0.2) is 36.4 Å². The zero-order chi connectivity index (χ0) is 21.4. The van der Waals surface area contributed by atoms with Gasteiger partial charge in [-0.2, -0.15) is 0 Å². The van der Waals surface area contributed by atoms with E-state index in [-0.39, 0.29) is 11.9 Å². The molecule has 29 heavy (non-hydrogen) atoms. The Morgan fingerprint density at radius 2 is 1.52 bits per heavy atom. The highest BCUT2D eigenvalue weighted by atomic mass is 16.5. The molecule has 1 amide bonds. The first-order valence-electron chi connectivity index (χ1n) is 8.98. The van der Waals surface area contributed by atoms with Crippen LogP contribution in [0.5, 0.6) is 28.7 Å². The second-order valence-electron chi connectivity index (χ2n) is 6.10. The molecule has 0 radical (unpaired) electrons. The molecule has 0 aliphatic carbocycles. The van der Waals surface area contributed by atoms with Gasteiger partial charge in [0, 0.05) is 17.2 Å². The Morgan fingerprint density at radius 1 is 0.862 bits per heavy atom. The number of methoxy groups -OCH3 is 5. The molecule has 0 aliphatic rings. The average Bonchev–Trinajstić information content (AvgIpc) is 2.75. The Bertz CT molecular complexity index is 878. The highest BCUT2D eigenvalue weighted by Crippen LogP contribution is 2.40. The van der Waals surface area contributed by atoms with Gasteiger partial charge in [-0.15, -0.1) is 0 Å². The molecule has 2 aromatic carbocycles. The van der Waals surface area contributed by atoms with Crippen molar-refractivity contribution < 1.29 is 28.5 Å². The second kappa shape index (κ2) is 10.3. The number of nitrogens with one attached hydrogen (secondary N) is 1. The van der Waals surface area contributed by atoms with Gasteiger partial charge >= 0.3 is 0 Å². The monoisotopic (exact) mass is 401 g/mol. The van der Waals surface area contributed by atoms with Crippen LogP contribution < -0.4 is 29.0 Å². The molecule has 0 saturated heterocycles. The Kier molecular flexibility index (Phi) is 7.77. The van der Waals surface area contributed by atoms with E-state index in [0.717, 1.165) is 5.56 Å². The highest BCUT2D eigenvalue weighted by Gasteiger charge is 2.16. The van der Waals surface area contributed by atoms with Crippen molar-refractivity contribution in [1.82, 2.24) is 5.32 Å². The van der Waals surface area contributed by atoms with Crippen molar-refractivity contribution in [3.05, 3.63) is 47.5 Å². The lowest BCUT2D eigenvalue weighted by Gasteiger charge is -2.17. The van der Waals surface area contributed by atoms with Crippen LogP contribution in [0.4, 0.5) is 0 Å². The average molecular weight is 401 g/mol. The third-order valence-electron chi connectivity index (χ3n) is 4.41. The molecule has 0 saturated carbocycles. The van der Waals surface area contributed by atoms with Gasteiger partial charge in [-0.1, -0.05) is 0 Å². The van der Waals surface area contributed by atoms with E-state index in [9.17, 15) is 4.79 Å². The van der Waals surface area contributed by atoms with Gasteiger partial charge in [0.15, 0.2) is 11.5 Å². The summed E-state index contributed by atoms with van der Waals surface area (Å²) in [6.45, 7) is 1.88. The third-order valence-corrected chi connectivity index (χ3v) is 4.41. The van der Waals surface area contributed by atoms with Gasteiger partial charge < -0.3 is 29.0 Å². The van der Waals surface area contributed by atoms with Crippen LogP contribution in [0, 0.1) is 0 Å². The van der Waals surface area contributed by atoms with Crippen LogP contribution in [0.1, 0.15) is 24.1 Å². The molecule has 0 aliphatic heterocycles. The molecule has 2 aromatic rings. The molecule has 156 valence electrons. The Balaban J connectivity index is 2.20. The quantitative estimate of drug-likeness (QED) is 0.647. The van der Waals surface area contributed by atoms with Crippen molar-refractivity contribution in [2.24, 2.45) is 0 Å². The Morgan fingerprint density at radius 3 is 2.10 bits per heavy atom. The number of carbonyl (C=O) groups excluding carboxylic acids is 1. The number of hydrogen-bond donors (Lipinski definition) is 1. The van der Waals surface area contributed by atoms with Crippen LogP contribution >= 0.6 is 0 Å². The zero-order valence-corrected chi connectivity index (χ0v) is 17.6. The van der Waals surface area contributed by atoms with Gasteiger partial charge in [0.05, 0.1) is 41.6 Å². The van der Waals surface area contributed by atoms with E-state index < -0.39 is 0 Å². The van der Waals surface area contributed by atoms with E-state index >= 15 is 0 Å². The molecule has 1 N–H and O–H groups in total. The Hall–Kier alpha value is -3.35. The first-order chi connectivity index (χ1) is 14.0. The highest BCUT2D eigenvalue weighted by molar-refractivity contribution is 5.92.